The quantitative estimate of drug-likeness (QED) is 0.643. The molecule has 0 unspecified atom stereocenters. The van der Waals surface area contributed by atoms with Crippen molar-refractivity contribution >= 4 is 17.9 Å². The Balaban J connectivity index is 1.75. The van der Waals surface area contributed by atoms with E-state index >= 15 is 0 Å². The maximum atomic E-state index is 13.0. The summed E-state index contributed by atoms with van der Waals surface area (Å²) < 4.78 is 5.40. The molecule has 0 saturated carbocycles. The number of methoxy groups -OCH3 is 1. The molecule has 1 aliphatic rings. The first kappa shape index (κ1) is 23.5. The van der Waals surface area contributed by atoms with E-state index in [1.807, 2.05) is 48.5 Å². The summed E-state index contributed by atoms with van der Waals surface area (Å²) in [5, 5.41) is 3.12. The van der Waals surface area contributed by atoms with Gasteiger partial charge in [0.25, 0.3) is 0 Å². The van der Waals surface area contributed by atoms with E-state index in [0.717, 1.165) is 35.5 Å². The molecule has 0 aromatic heterocycles. The second kappa shape index (κ2) is 11.0. The summed E-state index contributed by atoms with van der Waals surface area (Å²) in [5.41, 5.74) is 3.14. The highest BCUT2D eigenvalue weighted by Gasteiger charge is 2.28. The van der Waals surface area contributed by atoms with Gasteiger partial charge in [-0.1, -0.05) is 50.2 Å². The Bertz CT molecular complexity index is 968. The number of nitrogens with zero attached hydrogens (tertiary/aromatic N) is 2. The van der Waals surface area contributed by atoms with Gasteiger partial charge >= 0.3 is 0 Å². The predicted molar refractivity (Wildman–Crippen MR) is 127 cm³/mol. The normalized spacial score (nSPS) is 15.9. The number of ether oxygens (including phenoxy) is 1. The van der Waals surface area contributed by atoms with E-state index in [-0.39, 0.29) is 30.3 Å². The molecule has 0 fully saturated rings. The number of carbonyl (C=O) groups is 2. The third kappa shape index (κ3) is 5.37. The van der Waals surface area contributed by atoms with Gasteiger partial charge in [-0.15, -0.1) is 0 Å². The van der Waals surface area contributed by atoms with Crippen LogP contribution >= 0.6 is 0 Å². The molecule has 0 saturated heterocycles. The summed E-state index contributed by atoms with van der Waals surface area (Å²) in [6.45, 7) is 7.99. The van der Waals surface area contributed by atoms with E-state index in [4.69, 9.17) is 4.74 Å². The highest BCUT2D eigenvalue weighted by Crippen LogP contribution is 2.33. The third-order valence-corrected chi connectivity index (χ3v) is 6.07. The Morgan fingerprint density at radius 1 is 1.12 bits per heavy atom. The number of nitrogens with one attached hydrogen (secondary N) is 1. The Morgan fingerprint density at radius 3 is 2.56 bits per heavy atom. The molecule has 2 amide bonds. The smallest absolute Gasteiger partial charge is 0.223 e. The Kier molecular flexibility index (Phi) is 8.06. The van der Waals surface area contributed by atoms with Crippen LogP contribution in [0.4, 0.5) is 0 Å². The summed E-state index contributed by atoms with van der Waals surface area (Å²) in [6, 6.07) is 15.6. The molecule has 0 spiro atoms. The van der Waals surface area contributed by atoms with Crippen LogP contribution in [0.1, 0.15) is 56.0 Å². The van der Waals surface area contributed by atoms with E-state index in [1.165, 1.54) is 6.92 Å². The van der Waals surface area contributed by atoms with Crippen LogP contribution in [-0.4, -0.2) is 48.4 Å². The van der Waals surface area contributed by atoms with Crippen molar-refractivity contribution in [2.75, 3.05) is 26.7 Å². The van der Waals surface area contributed by atoms with Gasteiger partial charge in [0.15, 0.2) is 0 Å². The predicted octanol–water partition coefficient (Wildman–Crippen LogP) is 4.16. The Hall–Kier alpha value is -3.12. The van der Waals surface area contributed by atoms with E-state index in [9.17, 15) is 9.59 Å². The SMILES string of the molecule is CCN(CC)[C@@H](CNC(=O)C[C@H]1c2ccccc2C=CN1C(C)=O)c1cccc(OC)c1. The van der Waals surface area contributed by atoms with Crippen molar-refractivity contribution < 1.29 is 14.3 Å². The van der Waals surface area contributed by atoms with Gasteiger partial charge in [-0.25, -0.2) is 0 Å². The molecular formula is C26H33N3O3. The highest BCUT2D eigenvalue weighted by atomic mass is 16.5. The zero-order valence-corrected chi connectivity index (χ0v) is 19.4. The second-order valence-electron chi connectivity index (χ2n) is 7.91. The lowest BCUT2D eigenvalue weighted by molar-refractivity contribution is -0.130. The van der Waals surface area contributed by atoms with Crippen LogP contribution in [0.3, 0.4) is 0 Å². The molecule has 2 aromatic carbocycles. The molecule has 1 N–H and O–H groups in total. The van der Waals surface area contributed by atoms with Crippen molar-refractivity contribution in [2.24, 2.45) is 0 Å². The van der Waals surface area contributed by atoms with Crippen molar-refractivity contribution in [3.63, 3.8) is 0 Å². The first-order chi connectivity index (χ1) is 15.5. The summed E-state index contributed by atoms with van der Waals surface area (Å²) in [4.78, 5) is 29.2. The number of amides is 2. The largest absolute Gasteiger partial charge is 0.497 e. The van der Waals surface area contributed by atoms with Gasteiger partial charge in [-0.3, -0.25) is 14.5 Å². The fourth-order valence-corrected chi connectivity index (χ4v) is 4.34. The molecule has 6 heteroatoms. The number of carbonyl (C=O) groups excluding carboxylic acids is 2. The standard InChI is InChI=1S/C26H33N3O3/c1-5-28(6-2)25(21-11-9-12-22(16-21)32-4)18-27-26(31)17-24-23-13-8-7-10-20(23)14-15-29(24)19(3)30/h7-16,24-25H,5-6,17-18H2,1-4H3,(H,27,31)/t24-,25-/m0/s1. The minimum atomic E-state index is -0.308. The summed E-state index contributed by atoms with van der Waals surface area (Å²) >= 11 is 0. The average Bonchev–Trinajstić information content (AvgIpc) is 2.81. The number of rotatable bonds is 9. The minimum absolute atomic E-state index is 0.0338. The summed E-state index contributed by atoms with van der Waals surface area (Å²) in [6.07, 6.45) is 3.91. The molecule has 0 aliphatic carbocycles. The van der Waals surface area contributed by atoms with Crippen molar-refractivity contribution in [3.05, 3.63) is 71.4 Å². The van der Waals surface area contributed by atoms with Gasteiger partial charge < -0.3 is 15.0 Å². The zero-order chi connectivity index (χ0) is 23.1. The van der Waals surface area contributed by atoms with Gasteiger partial charge in [-0.2, -0.15) is 0 Å². The lowest BCUT2D eigenvalue weighted by Gasteiger charge is -2.33. The Labute approximate surface area is 190 Å². The van der Waals surface area contributed by atoms with Gasteiger partial charge in [-0.05, 0) is 48.0 Å². The van der Waals surface area contributed by atoms with Gasteiger partial charge in [0.2, 0.25) is 11.8 Å². The van der Waals surface area contributed by atoms with Crippen molar-refractivity contribution in [3.8, 4) is 5.75 Å². The number of likely N-dealkylation sites (N-methyl/N-ethyl adjacent to an activating group) is 1. The maximum Gasteiger partial charge on any atom is 0.223 e. The lowest BCUT2D eigenvalue weighted by atomic mass is 9.93. The first-order valence-electron chi connectivity index (χ1n) is 11.2. The summed E-state index contributed by atoms with van der Waals surface area (Å²) in [5.74, 6) is 0.644. The fourth-order valence-electron chi connectivity index (χ4n) is 4.34. The second-order valence-corrected chi connectivity index (χ2v) is 7.91. The van der Waals surface area contributed by atoms with Crippen molar-refractivity contribution in [1.29, 1.82) is 0 Å². The number of fused-ring (bicyclic) bond motifs is 1. The monoisotopic (exact) mass is 435 g/mol. The van der Waals surface area contributed by atoms with Crippen LogP contribution in [0.2, 0.25) is 0 Å². The molecule has 170 valence electrons. The van der Waals surface area contributed by atoms with Crippen LogP contribution in [0.25, 0.3) is 6.08 Å². The molecule has 0 bridgehead atoms. The van der Waals surface area contributed by atoms with Crippen molar-refractivity contribution in [2.45, 2.75) is 39.3 Å². The van der Waals surface area contributed by atoms with E-state index in [0.29, 0.717) is 6.54 Å². The average molecular weight is 436 g/mol. The highest BCUT2D eigenvalue weighted by molar-refractivity contribution is 5.81. The maximum absolute atomic E-state index is 13.0. The molecule has 32 heavy (non-hydrogen) atoms. The first-order valence-corrected chi connectivity index (χ1v) is 11.2. The van der Waals surface area contributed by atoms with E-state index in [2.05, 4.69) is 30.1 Å². The minimum Gasteiger partial charge on any atom is -0.497 e. The molecule has 3 rings (SSSR count). The van der Waals surface area contributed by atoms with Crippen LogP contribution in [0.15, 0.2) is 54.7 Å². The topological polar surface area (TPSA) is 61.9 Å². The van der Waals surface area contributed by atoms with E-state index in [1.54, 1.807) is 18.2 Å². The lowest BCUT2D eigenvalue weighted by Crippen LogP contribution is -2.40. The molecule has 1 aliphatic heterocycles. The molecule has 0 radical (unpaired) electrons. The van der Waals surface area contributed by atoms with Crippen LogP contribution in [-0.2, 0) is 9.59 Å². The zero-order valence-electron chi connectivity index (χ0n) is 19.4. The molecular weight excluding hydrogens is 402 g/mol. The van der Waals surface area contributed by atoms with Gasteiger partial charge in [0.1, 0.15) is 5.75 Å². The van der Waals surface area contributed by atoms with Crippen LogP contribution < -0.4 is 10.1 Å². The molecule has 1 heterocycles. The number of benzene rings is 2. The molecule has 2 atom stereocenters. The Morgan fingerprint density at radius 2 is 1.88 bits per heavy atom. The van der Waals surface area contributed by atoms with Crippen LogP contribution in [0, 0.1) is 0 Å². The van der Waals surface area contributed by atoms with E-state index < -0.39 is 0 Å². The number of hydrogen-bond donors (Lipinski definition) is 1. The van der Waals surface area contributed by atoms with Gasteiger partial charge in [0, 0.05) is 19.7 Å². The number of hydrogen-bond acceptors (Lipinski definition) is 4. The van der Waals surface area contributed by atoms with Crippen molar-refractivity contribution in [1.82, 2.24) is 15.1 Å². The fraction of sp³-hybridized carbons (Fsp3) is 0.385. The van der Waals surface area contributed by atoms with Crippen LogP contribution in [0.5, 0.6) is 5.75 Å². The summed E-state index contributed by atoms with van der Waals surface area (Å²) in [7, 11) is 1.66. The molecule has 2 aromatic rings. The molecule has 6 nitrogen and oxygen atoms in total. The third-order valence-electron chi connectivity index (χ3n) is 6.07. The van der Waals surface area contributed by atoms with Gasteiger partial charge in [0.05, 0.1) is 25.6 Å².